The Morgan fingerprint density at radius 1 is 0.735 bits per heavy atom. The normalized spacial score (nSPS) is 11.5. The number of hydrogen-bond acceptors (Lipinski definition) is 4. The van der Waals surface area contributed by atoms with Crippen molar-refractivity contribution in [2.24, 2.45) is 0 Å². The molecule has 5 heteroatoms. The topological polar surface area (TPSA) is 60.2 Å². The Kier molecular flexibility index (Phi) is 4.52. The van der Waals surface area contributed by atoms with E-state index in [9.17, 15) is 5.11 Å². The van der Waals surface area contributed by atoms with Gasteiger partial charge in [-0.15, -0.1) is 0 Å². The van der Waals surface area contributed by atoms with Crippen LogP contribution in [0.4, 0.5) is 0 Å². The van der Waals surface area contributed by atoms with Gasteiger partial charge in [-0.3, -0.25) is 4.57 Å². The summed E-state index contributed by atoms with van der Waals surface area (Å²) in [5.74, 6) is 2.10. The first-order chi connectivity index (χ1) is 16.5. The van der Waals surface area contributed by atoms with Crippen molar-refractivity contribution < 1.29 is 9.84 Å². The lowest BCUT2D eigenvalue weighted by molar-refractivity contribution is 0.460. The second-order valence-electron chi connectivity index (χ2n) is 8.84. The van der Waals surface area contributed by atoms with E-state index in [2.05, 4.69) is 46.8 Å². The van der Waals surface area contributed by atoms with Crippen molar-refractivity contribution in [3.05, 3.63) is 95.7 Å². The van der Waals surface area contributed by atoms with Gasteiger partial charge in [0.25, 0.3) is 0 Å². The maximum Gasteiger partial charge on any atom is 0.219 e. The van der Waals surface area contributed by atoms with E-state index in [0.717, 1.165) is 38.8 Å². The van der Waals surface area contributed by atoms with E-state index in [1.165, 1.54) is 10.9 Å². The largest absolute Gasteiger partial charge is 0.506 e. The monoisotopic (exact) mass is 445 g/mol. The zero-order chi connectivity index (χ0) is 23.4. The first-order valence-electron chi connectivity index (χ1n) is 11.2. The van der Waals surface area contributed by atoms with Crippen LogP contribution >= 0.6 is 0 Å². The number of hydrogen-bond donors (Lipinski definition) is 1. The molecule has 0 bridgehead atoms. The summed E-state index contributed by atoms with van der Waals surface area (Å²) in [6.07, 6.45) is 1.89. The van der Waals surface area contributed by atoms with E-state index < -0.39 is 0 Å². The standard InChI is InChI=1S/C29H23N3O2/c1-17-4-8-22-23-9-7-21(34-28-11-6-20-12-19(3)14-26(33)29(20)31-28)15-25(23)32(24(22)13-17)27-10-5-18(2)16-30-27/h4-16,33H,1-3H3. The number of nitrogens with zero attached hydrogens (tertiary/aromatic N) is 3. The van der Waals surface area contributed by atoms with Crippen LogP contribution in [0.3, 0.4) is 0 Å². The van der Waals surface area contributed by atoms with Crippen molar-refractivity contribution in [1.29, 1.82) is 0 Å². The molecule has 0 aliphatic carbocycles. The highest BCUT2D eigenvalue weighted by Gasteiger charge is 2.15. The summed E-state index contributed by atoms with van der Waals surface area (Å²) in [6, 6.07) is 24.1. The average Bonchev–Trinajstić information content (AvgIpc) is 3.12. The van der Waals surface area contributed by atoms with Gasteiger partial charge in [-0.2, -0.15) is 0 Å². The van der Waals surface area contributed by atoms with Gasteiger partial charge in [0.1, 0.15) is 22.8 Å². The van der Waals surface area contributed by atoms with Crippen LogP contribution < -0.4 is 4.74 Å². The third-order valence-electron chi connectivity index (χ3n) is 6.13. The lowest BCUT2D eigenvalue weighted by Crippen LogP contribution is -1.97. The molecule has 0 fully saturated rings. The van der Waals surface area contributed by atoms with Crippen LogP contribution in [0, 0.1) is 20.8 Å². The number of aromatic nitrogens is 3. The molecule has 3 aromatic heterocycles. The van der Waals surface area contributed by atoms with E-state index in [1.807, 2.05) is 56.4 Å². The van der Waals surface area contributed by atoms with Crippen molar-refractivity contribution >= 4 is 32.7 Å². The number of phenols is 1. The zero-order valence-corrected chi connectivity index (χ0v) is 19.2. The smallest absolute Gasteiger partial charge is 0.219 e. The maximum absolute atomic E-state index is 10.3. The SMILES string of the molecule is Cc1ccc(-n2c3cc(C)ccc3c3ccc(Oc4ccc5cc(C)cc(O)c5n4)cc32)nc1. The molecule has 0 radical (unpaired) electrons. The molecular weight excluding hydrogens is 422 g/mol. The molecule has 6 rings (SSSR count). The molecule has 5 nitrogen and oxygen atoms in total. The summed E-state index contributed by atoms with van der Waals surface area (Å²) >= 11 is 0. The van der Waals surface area contributed by atoms with Gasteiger partial charge in [0.2, 0.25) is 5.88 Å². The van der Waals surface area contributed by atoms with Gasteiger partial charge in [0, 0.05) is 34.5 Å². The zero-order valence-electron chi connectivity index (χ0n) is 19.2. The molecule has 0 atom stereocenters. The molecule has 0 unspecified atom stereocenters. The molecule has 166 valence electrons. The molecule has 0 aliphatic rings. The van der Waals surface area contributed by atoms with Crippen molar-refractivity contribution in [1.82, 2.24) is 14.5 Å². The van der Waals surface area contributed by atoms with Crippen LogP contribution in [0.5, 0.6) is 17.4 Å². The van der Waals surface area contributed by atoms with E-state index in [0.29, 0.717) is 17.1 Å². The Labute approximate surface area is 196 Å². The number of fused-ring (bicyclic) bond motifs is 4. The van der Waals surface area contributed by atoms with Crippen molar-refractivity contribution in [3.8, 4) is 23.2 Å². The molecule has 0 saturated carbocycles. The van der Waals surface area contributed by atoms with Gasteiger partial charge in [-0.25, -0.2) is 9.97 Å². The molecular formula is C29H23N3O2. The lowest BCUT2D eigenvalue weighted by Gasteiger charge is -2.10. The molecule has 34 heavy (non-hydrogen) atoms. The minimum absolute atomic E-state index is 0.150. The second-order valence-corrected chi connectivity index (χ2v) is 8.84. The van der Waals surface area contributed by atoms with Crippen LogP contribution in [-0.4, -0.2) is 19.6 Å². The van der Waals surface area contributed by atoms with Gasteiger partial charge >= 0.3 is 0 Å². The number of aryl methyl sites for hydroxylation is 3. The number of rotatable bonds is 3. The average molecular weight is 446 g/mol. The lowest BCUT2D eigenvalue weighted by atomic mass is 10.1. The van der Waals surface area contributed by atoms with Gasteiger partial charge in [0.15, 0.2) is 0 Å². The fraction of sp³-hybridized carbons (Fsp3) is 0.103. The van der Waals surface area contributed by atoms with E-state index >= 15 is 0 Å². The first-order valence-corrected chi connectivity index (χ1v) is 11.2. The molecule has 1 N–H and O–H groups in total. The van der Waals surface area contributed by atoms with Crippen LogP contribution in [0.15, 0.2) is 79.0 Å². The van der Waals surface area contributed by atoms with E-state index in [4.69, 9.17) is 9.72 Å². The van der Waals surface area contributed by atoms with Crippen LogP contribution in [0.25, 0.3) is 38.5 Å². The van der Waals surface area contributed by atoms with Crippen molar-refractivity contribution in [3.63, 3.8) is 0 Å². The number of benzene rings is 3. The number of aromatic hydroxyl groups is 1. The molecule has 0 amide bonds. The number of phenolic OH excluding ortho intramolecular Hbond substituents is 1. The Morgan fingerprint density at radius 3 is 2.29 bits per heavy atom. The molecule has 0 spiro atoms. The Hall–Kier alpha value is -4.38. The minimum Gasteiger partial charge on any atom is -0.506 e. The van der Waals surface area contributed by atoms with E-state index in [-0.39, 0.29) is 5.75 Å². The summed E-state index contributed by atoms with van der Waals surface area (Å²) in [6.45, 7) is 6.08. The van der Waals surface area contributed by atoms with Crippen molar-refractivity contribution in [2.45, 2.75) is 20.8 Å². The first kappa shape index (κ1) is 20.2. The molecule has 3 heterocycles. The summed E-state index contributed by atoms with van der Waals surface area (Å²) in [4.78, 5) is 9.24. The highest BCUT2D eigenvalue weighted by atomic mass is 16.5. The van der Waals surface area contributed by atoms with Crippen molar-refractivity contribution in [2.75, 3.05) is 0 Å². The number of pyridine rings is 2. The fourth-order valence-corrected chi connectivity index (χ4v) is 4.53. The van der Waals surface area contributed by atoms with Gasteiger partial charge < -0.3 is 9.84 Å². The maximum atomic E-state index is 10.3. The molecule has 0 aliphatic heterocycles. The molecule has 6 aromatic rings. The Bertz CT molecular complexity index is 1720. The predicted molar refractivity (Wildman–Crippen MR) is 136 cm³/mol. The second kappa shape index (κ2) is 7.59. The van der Waals surface area contributed by atoms with Gasteiger partial charge in [0.05, 0.1) is 11.0 Å². The third-order valence-corrected chi connectivity index (χ3v) is 6.13. The summed E-state index contributed by atoms with van der Waals surface area (Å²) in [5.41, 5.74) is 5.93. The highest BCUT2D eigenvalue weighted by molar-refractivity contribution is 6.09. The summed E-state index contributed by atoms with van der Waals surface area (Å²) in [7, 11) is 0. The Balaban J connectivity index is 1.51. The van der Waals surface area contributed by atoms with Crippen LogP contribution in [0.1, 0.15) is 16.7 Å². The molecule has 0 saturated heterocycles. The highest BCUT2D eigenvalue weighted by Crippen LogP contribution is 2.35. The van der Waals surface area contributed by atoms with Gasteiger partial charge in [-0.1, -0.05) is 18.2 Å². The third kappa shape index (κ3) is 3.33. The fourth-order valence-electron chi connectivity index (χ4n) is 4.53. The Morgan fingerprint density at radius 2 is 1.50 bits per heavy atom. The van der Waals surface area contributed by atoms with Crippen LogP contribution in [-0.2, 0) is 0 Å². The molecule has 3 aromatic carbocycles. The van der Waals surface area contributed by atoms with E-state index in [1.54, 1.807) is 6.07 Å². The summed E-state index contributed by atoms with van der Waals surface area (Å²) < 4.78 is 8.33. The predicted octanol–water partition coefficient (Wildman–Crippen LogP) is 7.15. The minimum atomic E-state index is 0.150. The quantitative estimate of drug-likeness (QED) is 0.314. The summed E-state index contributed by atoms with van der Waals surface area (Å²) in [5, 5.41) is 13.5. The number of ether oxygens (including phenoxy) is 1. The van der Waals surface area contributed by atoms with Gasteiger partial charge in [-0.05, 0) is 79.9 Å². The van der Waals surface area contributed by atoms with Crippen LogP contribution in [0.2, 0.25) is 0 Å².